The molecule has 114 valence electrons. The van der Waals surface area contributed by atoms with Crippen LogP contribution in [0.3, 0.4) is 0 Å². The zero-order valence-electron chi connectivity index (χ0n) is 12.4. The summed E-state index contributed by atoms with van der Waals surface area (Å²) >= 11 is 3.52. The van der Waals surface area contributed by atoms with Gasteiger partial charge in [-0.25, -0.2) is 4.39 Å². The zero-order valence-corrected chi connectivity index (χ0v) is 13.9. The van der Waals surface area contributed by atoms with Gasteiger partial charge < -0.3 is 10.5 Å². The van der Waals surface area contributed by atoms with Crippen LogP contribution in [0.1, 0.15) is 36.8 Å². The second kappa shape index (κ2) is 6.58. The lowest BCUT2D eigenvalue weighted by atomic mass is 10.1. The highest BCUT2D eigenvalue weighted by molar-refractivity contribution is 9.10. The Balaban J connectivity index is 2.26. The Kier molecular flexibility index (Phi) is 5.00. The molecule has 0 aliphatic carbocycles. The van der Waals surface area contributed by atoms with Crippen molar-refractivity contribution in [3.05, 3.63) is 45.4 Å². The number of hydrogen-bond donors (Lipinski definition) is 1. The number of benzene rings is 1. The van der Waals surface area contributed by atoms with Crippen LogP contribution in [-0.2, 0) is 13.2 Å². The third-order valence-electron chi connectivity index (χ3n) is 3.28. The van der Waals surface area contributed by atoms with E-state index in [9.17, 15) is 4.39 Å². The van der Waals surface area contributed by atoms with Crippen LogP contribution in [0, 0.1) is 12.7 Å². The highest BCUT2D eigenvalue weighted by Crippen LogP contribution is 2.27. The fraction of sp³-hybridized carbons (Fsp3) is 0.400. The summed E-state index contributed by atoms with van der Waals surface area (Å²) in [7, 11) is 0. The number of hydrogen-bond acceptors (Lipinski definition) is 3. The van der Waals surface area contributed by atoms with E-state index in [1.807, 2.05) is 25.5 Å². The van der Waals surface area contributed by atoms with E-state index in [0.29, 0.717) is 12.4 Å². The van der Waals surface area contributed by atoms with E-state index in [-0.39, 0.29) is 11.9 Å². The van der Waals surface area contributed by atoms with Crippen LogP contribution in [0.15, 0.2) is 22.7 Å². The summed E-state index contributed by atoms with van der Waals surface area (Å²) in [5.41, 5.74) is 8.51. The van der Waals surface area contributed by atoms with Crippen LogP contribution in [-0.4, -0.2) is 9.78 Å². The van der Waals surface area contributed by atoms with Crippen LogP contribution in [0.2, 0.25) is 0 Å². The van der Waals surface area contributed by atoms with E-state index >= 15 is 0 Å². The first-order valence-corrected chi connectivity index (χ1v) is 7.63. The molecule has 0 bridgehead atoms. The molecule has 2 N–H and O–H groups in total. The van der Waals surface area contributed by atoms with Gasteiger partial charge in [0.1, 0.15) is 18.2 Å². The molecule has 4 nitrogen and oxygen atoms in total. The van der Waals surface area contributed by atoms with Gasteiger partial charge in [-0.3, -0.25) is 4.68 Å². The molecular formula is C15H19BrFN3O. The SMILES string of the molecule is CCn1nc(C)c(Br)c1COc1cc(F)ccc1[C@@H](C)N. The standard InChI is InChI=1S/C15H19BrFN3O/c1-4-20-13(15(16)10(3)19-20)8-21-14-7-11(17)5-6-12(14)9(2)18/h5-7,9H,4,8,18H2,1-3H3/t9-/m1/s1. The lowest BCUT2D eigenvalue weighted by Gasteiger charge is -2.14. The number of aromatic nitrogens is 2. The van der Waals surface area contributed by atoms with Gasteiger partial charge in [0, 0.05) is 24.2 Å². The van der Waals surface area contributed by atoms with E-state index in [1.165, 1.54) is 12.1 Å². The molecule has 0 spiro atoms. The van der Waals surface area contributed by atoms with Crippen LogP contribution < -0.4 is 10.5 Å². The van der Waals surface area contributed by atoms with E-state index in [4.69, 9.17) is 10.5 Å². The maximum Gasteiger partial charge on any atom is 0.131 e. The number of halogens is 2. The maximum atomic E-state index is 13.4. The first-order valence-electron chi connectivity index (χ1n) is 6.83. The number of aryl methyl sites for hydroxylation is 2. The number of rotatable bonds is 5. The highest BCUT2D eigenvalue weighted by atomic mass is 79.9. The third-order valence-corrected chi connectivity index (χ3v) is 4.31. The lowest BCUT2D eigenvalue weighted by Crippen LogP contribution is -2.10. The van der Waals surface area contributed by atoms with E-state index < -0.39 is 0 Å². The Morgan fingerprint density at radius 3 is 2.81 bits per heavy atom. The Bertz CT molecular complexity index is 640. The van der Waals surface area contributed by atoms with Crippen molar-refractivity contribution in [1.82, 2.24) is 9.78 Å². The topological polar surface area (TPSA) is 53.1 Å². The van der Waals surface area contributed by atoms with Crippen molar-refractivity contribution in [2.24, 2.45) is 5.73 Å². The van der Waals surface area contributed by atoms with E-state index in [2.05, 4.69) is 21.0 Å². The molecule has 0 fully saturated rings. The van der Waals surface area contributed by atoms with Crippen molar-refractivity contribution in [2.75, 3.05) is 0 Å². The van der Waals surface area contributed by atoms with Crippen molar-refractivity contribution in [1.29, 1.82) is 0 Å². The molecule has 1 heterocycles. The van der Waals surface area contributed by atoms with Crippen LogP contribution in [0.4, 0.5) is 4.39 Å². The van der Waals surface area contributed by atoms with Crippen molar-refractivity contribution >= 4 is 15.9 Å². The van der Waals surface area contributed by atoms with Crippen molar-refractivity contribution in [2.45, 2.75) is 40.0 Å². The van der Waals surface area contributed by atoms with Gasteiger partial charge in [0.2, 0.25) is 0 Å². The molecule has 1 aromatic heterocycles. The molecule has 0 aliphatic heterocycles. The molecule has 21 heavy (non-hydrogen) atoms. The lowest BCUT2D eigenvalue weighted by molar-refractivity contribution is 0.286. The summed E-state index contributed by atoms with van der Waals surface area (Å²) in [4.78, 5) is 0. The summed E-state index contributed by atoms with van der Waals surface area (Å²) in [5, 5.41) is 4.41. The predicted octanol–water partition coefficient (Wildman–Crippen LogP) is 3.71. The number of ether oxygens (including phenoxy) is 1. The molecule has 0 aliphatic rings. The highest BCUT2D eigenvalue weighted by Gasteiger charge is 2.15. The second-order valence-corrected chi connectivity index (χ2v) is 5.71. The minimum Gasteiger partial charge on any atom is -0.487 e. The first kappa shape index (κ1) is 16.0. The number of nitrogens with zero attached hydrogens (tertiary/aromatic N) is 2. The average molecular weight is 356 g/mol. The van der Waals surface area contributed by atoms with Crippen LogP contribution >= 0.6 is 15.9 Å². The molecule has 6 heteroatoms. The predicted molar refractivity (Wildman–Crippen MR) is 83.7 cm³/mol. The van der Waals surface area contributed by atoms with E-state index in [1.54, 1.807) is 6.07 Å². The molecule has 2 aromatic rings. The molecule has 2 rings (SSSR count). The fourth-order valence-electron chi connectivity index (χ4n) is 2.16. The van der Waals surface area contributed by atoms with E-state index in [0.717, 1.165) is 28.0 Å². The third kappa shape index (κ3) is 3.44. The van der Waals surface area contributed by atoms with Gasteiger partial charge >= 0.3 is 0 Å². The van der Waals surface area contributed by atoms with Gasteiger partial charge in [-0.05, 0) is 42.8 Å². The minimum atomic E-state index is -0.339. The van der Waals surface area contributed by atoms with Gasteiger partial charge in [0.25, 0.3) is 0 Å². The Labute approximate surface area is 132 Å². The summed E-state index contributed by atoms with van der Waals surface area (Å²) < 4.78 is 22.0. The molecule has 0 saturated heterocycles. The summed E-state index contributed by atoms with van der Waals surface area (Å²) in [6, 6.07) is 4.20. The molecule has 0 saturated carbocycles. The first-order chi connectivity index (χ1) is 9.93. The van der Waals surface area contributed by atoms with Crippen LogP contribution in [0.5, 0.6) is 5.75 Å². The summed E-state index contributed by atoms with van der Waals surface area (Å²) in [5.74, 6) is 0.132. The van der Waals surface area contributed by atoms with Crippen LogP contribution in [0.25, 0.3) is 0 Å². The van der Waals surface area contributed by atoms with Crippen molar-refractivity contribution < 1.29 is 9.13 Å². The van der Waals surface area contributed by atoms with Gasteiger partial charge in [-0.2, -0.15) is 5.10 Å². The average Bonchev–Trinajstić information content (AvgIpc) is 2.71. The number of nitrogens with two attached hydrogens (primary N) is 1. The molecule has 1 aromatic carbocycles. The maximum absolute atomic E-state index is 13.4. The molecule has 0 unspecified atom stereocenters. The largest absolute Gasteiger partial charge is 0.487 e. The minimum absolute atomic E-state index is 0.220. The fourth-order valence-corrected chi connectivity index (χ4v) is 2.56. The monoisotopic (exact) mass is 355 g/mol. The van der Waals surface area contributed by atoms with Gasteiger partial charge in [0.05, 0.1) is 15.9 Å². The zero-order chi connectivity index (χ0) is 15.6. The quantitative estimate of drug-likeness (QED) is 0.889. The Morgan fingerprint density at radius 2 is 2.19 bits per heavy atom. The summed E-state index contributed by atoms with van der Waals surface area (Å²) in [6.45, 7) is 6.83. The second-order valence-electron chi connectivity index (χ2n) is 4.92. The Hall–Kier alpha value is -1.40. The molecule has 0 radical (unpaired) electrons. The summed E-state index contributed by atoms with van der Waals surface area (Å²) in [6.07, 6.45) is 0. The normalized spacial score (nSPS) is 12.5. The van der Waals surface area contributed by atoms with Gasteiger partial charge in [-0.15, -0.1) is 0 Å². The molecule has 0 amide bonds. The van der Waals surface area contributed by atoms with Gasteiger partial charge in [-0.1, -0.05) is 6.07 Å². The Morgan fingerprint density at radius 1 is 1.48 bits per heavy atom. The smallest absolute Gasteiger partial charge is 0.131 e. The molecule has 1 atom stereocenters. The van der Waals surface area contributed by atoms with Gasteiger partial charge in [0.15, 0.2) is 0 Å². The van der Waals surface area contributed by atoms with Crippen molar-refractivity contribution in [3.63, 3.8) is 0 Å². The molecular weight excluding hydrogens is 337 g/mol. The van der Waals surface area contributed by atoms with Crippen molar-refractivity contribution in [3.8, 4) is 5.75 Å².